The first-order valence-electron chi connectivity index (χ1n) is 10.3. The molecule has 2 aromatic rings. The van der Waals surface area contributed by atoms with Crippen molar-refractivity contribution in [1.82, 2.24) is 0 Å². The zero-order chi connectivity index (χ0) is 20.7. The van der Waals surface area contributed by atoms with Crippen LogP contribution in [-0.2, 0) is 4.79 Å². The molecule has 0 radical (unpaired) electrons. The highest BCUT2D eigenvalue weighted by molar-refractivity contribution is 6.15. The van der Waals surface area contributed by atoms with Gasteiger partial charge in [-0.3, -0.25) is 9.59 Å². The third-order valence-corrected chi connectivity index (χ3v) is 5.88. The number of ketones is 1. The Kier molecular flexibility index (Phi) is 4.69. The van der Waals surface area contributed by atoms with Crippen molar-refractivity contribution in [3.05, 3.63) is 52.8 Å². The molecule has 3 aliphatic rings. The van der Waals surface area contributed by atoms with Crippen molar-refractivity contribution in [3.8, 4) is 23.0 Å². The predicted molar refractivity (Wildman–Crippen MR) is 109 cm³/mol. The van der Waals surface area contributed by atoms with E-state index < -0.39 is 0 Å². The Bertz CT molecular complexity index is 1060. The van der Waals surface area contributed by atoms with E-state index in [9.17, 15) is 9.59 Å². The van der Waals surface area contributed by atoms with Crippen molar-refractivity contribution >= 4 is 17.8 Å². The molecule has 6 nitrogen and oxygen atoms in total. The SMILES string of the molecule is Cc1c(OC(=O)C2CCCCC2)ccc2c1O/C(=C\c1ccc3c(c1)OCO3)C2=O. The van der Waals surface area contributed by atoms with Gasteiger partial charge in [0.15, 0.2) is 17.3 Å². The van der Waals surface area contributed by atoms with Gasteiger partial charge in [-0.15, -0.1) is 0 Å². The molecule has 1 saturated carbocycles. The fraction of sp³-hybridized carbons (Fsp3) is 0.333. The molecule has 30 heavy (non-hydrogen) atoms. The van der Waals surface area contributed by atoms with Crippen LogP contribution in [0.25, 0.3) is 6.08 Å². The Hall–Kier alpha value is -3.28. The molecule has 2 aliphatic heterocycles. The summed E-state index contributed by atoms with van der Waals surface area (Å²) in [5, 5.41) is 0. The van der Waals surface area contributed by atoms with Crippen LogP contribution in [0.4, 0.5) is 0 Å². The second-order valence-electron chi connectivity index (χ2n) is 7.87. The van der Waals surface area contributed by atoms with Crippen LogP contribution < -0.4 is 18.9 Å². The number of hydrogen-bond acceptors (Lipinski definition) is 6. The van der Waals surface area contributed by atoms with Crippen LogP contribution in [0.2, 0.25) is 0 Å². The van der Waals surface area contributed by atoms with Crippen molar-refractivity contribution in [2.45, 2.75) is 39.0 Å². The van der Waals surface area contributed by atoms with E-state index in [2.05, 4.69) is 0 Å². The van der Waals surface area contributed by atoms with Crippen LogP contribution in [-0.4, -0.2) is 18.5 Å². The van der Waals surface area contributed by atoms with Crippen LogP contribution in [0.15, 0.2) is 36.1 Å². The summed E-state index contributed by atoms with van der Waals surface area (Å²) in [7, 11) is 0. The van der Waals surface area contributed by atoms with E-state index in [0.717, 1.165) is 31.2 Å². The Morgan fingerprint density at radius 1 is 1.07 bits per heavy atom. The number of carbonyl (C=O) groups excluding carboxylic acids is 2. The lowest BCUT2D eigenvalue weighted by atomic mass is 9.89. The molecule has 5 rings (SSSR count). The van der Waals surface area contributed by atoms with Crippen molar-refractivity contribution in [2.24, 2.45) is 5.92 Å². The molecule has 6 heteroatoms. The molecular formula is C24H22O6. The second-order valence-corrected chi connectivity index (χ2v) is 7.87. The molecule has 1 fully saturated rings. The maximum absolute atomic E-state index is 12.8. The molecule has 154 valence electrons. The highest BCUT2D eigenvalue weighted by Crippen LogP contribution is 2.40. The summed E-state index contributed by atoms with van der Waals surface area (Å²) in [5.41, 5.74) is 1.90. The fourth-order valence-corrected chi connectivity index (χ4v) is 4.16. The van der Waals surface area contributed by atoms with Gasteiger partial charge in [0.05, 0.1) is 11.5 Å². The zero-order valence-electron chi connectivity index (χ0n) is 16.7. The predicted octanol–water partition coefficient (Wildman–Crippen LogP) is 4.83. The smallest absolute Gasteiger partial charge is 0.314 e. The summed E-state index contributed by atoms with van der Waals surface area (Å²) in [6.07, 6.45) is 6.73. The number of carbonyl (C=O) groups is 2. The van der Waals surface area contributed by atoms with Gasteiger partial charge in [0.25, 0.3) is 0 Å². The molecule has 1 aliphatic carbocycles. The van der Waals surface area contributed by atoms with E-state index in [4.69, 9.17) is 18.9 Å². The molecule has 0 bridgehead atoms. The molecule has 2 heterocycles. The topological polar surface area (TPSA) is 71.1 Å². The maximum atomic E-state index is 12.8. The van der Waals surface area contributed by atoms with Crippen LogP contribution in [0, 0.1) is 12.8 Å². The molecule has 0 spiro atoms. The monoisotopic (exact) mass is 406 g/mol. The van der Waals surface area contributed by atoms with Gasteiger partial charge in [0.2, 0.25) is 12.6 Å². The van der Waals surface area contributed by atoms with Gasteiger partial charge in [0, 0.05) is 5.56 Å². The van der Waals surface area contributed by atoms with E-state index in [-0.39, 0.29) is 30.2 Å². The lowest BCUT2D eigenvalue weighted by Gasteiger charge is -2.20. The van der Waals surface area contributed by atoms with Crippen molar-refractivity contribution < 1.29 is 28.5 Å². The third-order valence-electron chi connectivity index (χ3n) is 5.88. The first-order chi connectivity index (χ1) is 14.6. The average Bonchev–Trinajstić information content (AvgIpc) is 3.35. The molecule has 0 saturated heterocycles. The summed E-state index contributed by atoms with van der Waals surface area (Å²) in [4.78, 5) is 25.3. The summed E-state index contributed by atoms with van der Waals surface area (Å²) >= 11 is 0. The average molecular weight is 406 g/mol. The highest BCUT2D eigenvalue weighted by atomic mass is 16.7. The standard InChI is InChI=1S/C24H22O6/c1-14-18(30-24(26)16-5-3-2-4-6-16)10-8-17-22(25)21(29-23(14)17)12-15-7-9-19-20(11-15)28-13-27-19/h7-12,16H,2-6,13H2,1H3/b21-12-. The number of Topliss-reactive ketones (excluding diaryl/α,β-unsaturated/α-hetero) is 1. The van der Waals surface area contributed by atoms with Crippen LogP contribution in [0.5, 0.6) is 23.0 Å². The van der Waals surface area contributed by atoms with Crippen molar-refractivity contribution in [3.63, 3.8) is 0 Å². The van der Waals surface area contributed by atoms with Gasteiger partial charge in [-0.2, -0.15) is 0 Å². The van der Waals surface area contributed by atoms with E-state index in [1.54, 1.807) is 37.3 Å². The van der Waals surface area contributed by atoms with Crippen LogP contribution in [0.1, 0.15) is 53.6 Å². The summed E-state index contributed by atoms with van der Waals surface area (Å²) in [6.45, 7) is 2.00. The van der Waals surface area contributed by atoms with E-state index >= 15 is 0 Å². The Morgan fingerprint density at radius 3 is 2.70 bits per heavy atom. The number of hydrogen-bond donors (Lipinski definition) is 0. The number of allylic oxidation sites excluding steroid dienone is 1. The number of benzene rings is 2. The minimum atomic E-state index is -0.198. The Morgan fingerprint density at radius 2 is 1.87 bits per heavy atom. The van der Waals surface area contributed by atoms with Crippen molar-refractivity contribution in [2.75, 3.05) is 6.79 Å². The summed E-state index contributed by atoms with van der Waals surface area (Å²) in [5.74, 6) is 1.99. The van der Waals surface area contributed by atoms with Gasteiger partial charge in [-0.05, 0) is 55.7 Å². The normalized spacial score (nSPS) is 19.0. The van der Waals surface area contributed by atoms with Gasteiger partial charge < -0.3 is 18.9 Å². The number of rotatable bonds is 3. The van der Waals surface area contributed by atoms with E-state index in [1.807, 2.05) is 6.07 Å². The lowest BCUT2D eigenvalue weighted by molar-refractivity contribution is -0.140. The molecule has 0 N–H and O–H groups in total. The summed E-state index contributed by atoms with van der Waals surface area (Å²) < 4.78 is 22.3. The van der Waals surface area contributed by atoms with E-state index in [1.165, 1.54) is 6.42 Å². The van der Waals surface area contributed by atoms with Gasteiger partial charge in [-0.1, -0.05) is 25.3 Å². The second kappa shape index (κ2) is 7.52. The van der Waals surface area contributed by atoms with Crippen LogP contribution in [0.3, 0.4) is 0 Å². The van der Waals surface area contributed by atoms with Gasteiger partial charge in [0.1, 0.15) is 11.5 Å². The minimum absolute atomic E-state index is 0.0459. The number of esters is 1. The largest absolute Gasteiger partial charge is 0.454 e. The quantitative estimate of drug-likeness (QED) is 0.413. The highest BCUT2D eigenvalue weighted by Gasteiger charge is 2.31. The summed E-state index contributed by atoms with van der Waals surface area (Å²) in [6, 6.07) is 8.78. The zero-order valence-corrected chi connectivity index (χ0v) is 16.7. The first kappa shape index (κ1) is 18.7. The molecule has 0 aromatic heterocycles. The van der Waals surface area contributed by atoms with Crippen LogP contribution >= 0.6 is 0 Å². The van der Waals surface area contributed by atoms with Gasteiger partial charge >= 0.3 is 5.97 Å². The third kappa shape index (κ3) is 3.32. The Balaban J connectivity index is 1.38. The van der Waals surface area contributed by atoms with Crippen molar-refractivity contribution in [1.29, 1.82) is 0 Å². The molecule has 0 unspecified atom stereocenters. The molecule has 2 aromatic carbocycles. The molecular weight excluding hydrogens is 384 g/mol. The number of fused-ring (bicyclic) bond motifs is 2. The lowest BCUT2D eigenvalue weighted by Crippen LogP contribution is -2.23. The minimum Gasteiger partial charge on any atom is -0.454 e. The molecule has 0 amide bonds. The van der Waals surface area contributed by atoms with E-state index in [0.29, 0.717) is 34.1 Å². The fourth-order valence-electron chi connectivity index (χ4n) is 4.16. The van der Waals surface area contributed by atoms with Gasteiger partial charge in [-0.25, -0.2) is 0 Å². The maximum Gasteiger partial charge on any atom is 0.314 e. The Labute approximate surface area is 174 Å². The number of ether oxygens (including phenoxy) is 4. The molecule has 0 atom stereocenters. The first-order valence-corrected chi connectivity index (χ1v) is 10.3.